The average Bonchev–Trinajstić information content (AvgIpc) is 2.19. The van der Waals surface area contributed by atoms with Crippen LogP contribution in [0.5, 0.6) is 0 Å². The molecule has 1 rings (SSSR count). The molecule has 0 fully saturated rings. The molecule has 0 amide bonds. The Bertz CT molecular complexity index is 270. The maximum Gasteiger partial charge on any atom is 0.128 e. The van der Waals surface area contributed by atoms with Crippen LogP contribution in [0.2, 0.25) is 0 Å². The highest BCUT2D eigenvalue weighted by Crippen LogP contribution is 1.99. The van der Waals surface area contributed by atoms with E-state index in [1.54, 1.807) is 0 Å². The number of hydrogen-bond donors (Lipinski definition) is 1. The summed E-state index contributed by atoms with van der Waals surface area (Å²) in [5, 5.41) is 3.25. The Labute approximate surface area is 91.9 Å². The molecule has 0 saturated carbocycles. The van der Waals surface area contributed by atoms with Gasteiger partial charge in [0.15, 0.2) is 0 Å². The van der Waals surface area contributed by atoms with Crippen LogP contribution < -0.4 is 5.32 Å². The molecule has 3 heteroatoms. The molecular weight excluding hydrogens is 196 g/mol. The number of halogens is 1. The quantitative estimate of drug-likeness (QED) is 0.604. The van der Waals surface area contributed by atoms with Crippen LogP contribution in [0, 0.1) is 0 Å². The van der Waals surface area contributed by atoms with Gasteiger partial charge in [-0.15, -0.1) is 12.4 Å². The molecule has 0 spiro atoms. The summed E-state index contributed by atoms with van der Waals surface area (Å²) in [7, 11) is 0. The lowest BCUT2D eigenvalue weighted by molar-refractivity contribution is 0.948. The topological polar surface area (TPSA) is 24.4 Å². The summed E-state index contributed by atoms with van der Waals surface area (Å²) in [6.45, 7) is 5.85. The van der Waals surface area contributed by atoms with Crippen molar-refractivity contribution >= 4 is 18.2 Å². The summed E-state index contributed by atoms with van der Waals surface area (Å²) in [6, 6.07) is 10.2. The molecule has 0 bridgehead atoms. The molecule has 1 aromatic rings. The molecule has 0 atom stereocenters. The summed E-state index contributed by atoms with van der Waals surface area (Å²) in [5.41, 5.74) is 1.16. The van der Waals surface area contributed by atoms with Gasteiger partial charge >= 0.3 is 0 Å². The Morgan fingerprint density at radius 1 is 1.21 bits per heavy atom. The minimum absolute atomic E-state index is 0. The largest absolute Gasteiger partial charge is 0.370 e. The van der Waals surface area contributed by atoms with Crippen LogP contribution in [-0.2, 0) is 0 Å². The van der Waals surface area contributed by atoms with Crippen molar-refractivity contribution in [2.45, 2.75) is 13.8 Å². The van der Waals surface area contributed by atoms with Gasteiger partial charge in [-0.1, -0.05) is 30.3 Å². The predicted octanol–water partition coefficient (Wildman–Crippen LogP) is 2.48. The van der Waals surface area contributed by atoms with Crippen molar-refractivity contribution in [3.8, 4) is 0 Å². The van der Waals surface area contributed by atoms with Gasteiger partial charge < -0.3 is 5.32 Å². The fourth-order valence-electron chi connectivity index (χ4n) is 1.17. The zero-order valence-electron chi connectivity index (χ0n) is 8.66. The highest BCUT2D eigenvalue weighted by atomic mass is 35.5. The van der Waals surface area contributed by atoms with Crippen molar-refractivity contribution < 1.29 is 0 Å². The first kappa shape index (κ1) is 13.0. The minimum Gasteiger partial charge on any atom is -0.370 e. The zero-order valence-corrected chi connectivity index (χ0v) is 9.47. The summed E-state index contributed by atoms with van der Waals surface area (Å²) < 4.78 is 0. The molecule has 14 heavy (non-hydrogen) atoms. The molecule has 0 unspecified atom stereocenters. The summed E-state index contributed by atoms with van der Waals surface area (Å²) in [4.78, 5) is 4.39. The van der Waals surface area contributed by atoms with Gasteiger partial charge in [-0.25, -0.2) is 0 Å². The Balaban J connectivity index is 0.00000169. The molecule has 0 heterocycles. The van der Waals surface area contributed by atoms with Crippen molar-refractivity contribution in [1.82, 2.24) is 5.32 Å². The second-order valence-electron chi connectivity index (χ2n) is 2.72. The highest BCUT2D eigenvalue weighted by Gasteiger charge is 1.98. The summed E-state index contributed by atoms with van der Waals surface area (Å²) in [5.74, 6) is 0.991. The number of benzene rings is 1. The Hall–Kier alpha value is -1.02. The predicted molar refractivity (Wildman–Crippen MR) is 64.4 cm³/mol. The van der Waals surface area contributed by atoms with Gasteiger partial charge in [-0.3, -0.25) is 4.99 Å². The van der Waals surface area contributed by atoms with Gasteiger partial charge in [0, 0.05) is 18.7 Å². The maximum atomic E-state index is 4.39. The van der Waals surface area contributed by atoms with Crippen LogP contribution in [0.3, 0.4) is 0 Å². The highest BCUT2D eigenvalue weighted by molar-refractivity contribution is 5.98. The number of aliphatic imine (C=N–C) groups is 1. The summed E-state index contributed by atoms with van der Waals surface area (Å²) >= 11 is 0. The normalized spacial score (nSPS) is 10.6. The molecule has 0 aromatic heterocycles. The molecule has 0 aliphatic rings. The Kier molecular flexibility index (Phi) is 6.85. The number of amidine groups is 1. The molecule has 78 valence electrons. The van der Waals surface area contributed by atoms with Crippen LogP contribution in [0.15, 0.2) is 35.3 Å². The van der Waals surface area contributed by atoms with Gasteiger partial charge in [-0.2, -0.15) is 0 Å². The third-order valence-corrected chi connectivity index (χ3v) is 1.71. The van der Waals surface area contributed by atoms with Gasteiger partial charge in [0.2, 0.25) is 0 Å². The van der Waals surface area contributed by atoms with E-state index in [0.717, 1.165) is 24.5 Å². The second-order valence-corrected chi connectivity index (χ2v) is 2.72. The van der Waals surface area contributed by atoms with Crippen molar-refractivity contribution in [2.24, 2.45) is 4.99 Å². The molecule has 0 aliphatic carbocycles. The molecule has 0 aliphatic heterocycles. The number of nitrogens with zero attached hydrogens (tertiary/aromatic N) is 1. The van der Waals surface area contributed by atoms with Crippen LogP contribution >= 0.6 is 12.4 Å². The first-order valence-corrected chi connectivity index (χ1v) is 4.72. The van der Waals surface area contributed by atoms with E-state index in [4.69, 9.17) is 0 Å². The monoisotopic (exact) mass is 212 g/mol. The zero-order chi connectivity index (χ0) is 9.52. The van der Waals surface area contributed by atoms with E-state index in [0.29, 0.717) is 0 Å². The van der Waals surface area contributed by atoms with Crippen molar-refractivity contribution in [2.75, 3.05) is 13.1 Å². The van der Waals surface area contributed by atoms with E-state index in [1.807, 2.05) is 25.1 Å². The first-order valence-electron chi connectivity index (χ1n) is 4.72. The Morgan fingerprint density at radius 2 is 1.86 bits per heavy atom. The van der Waals surface area contributed by atoms with Crippen molar-refractivity contribution in [3.05, 3.63) is 35.9 Å². The lowest BCUT2D eigenvalue weighted by atomic mass is 10.2. The van der Waals surface area contributed by atoms with E-state index in [-0.39, 0.29) is 12.4 Å². The fourth-order valence-corrected chi connectivity index (χ4v) is 1.17. The molecule has 1 aromatic carbocycles. The number of nitrogens with one attached hydrogen (secondary N) is 1. The second kappa shape index (κ2) is 7.39. The van der Waals surface area contributed by atoms with Crippen LogP contribution in [0.1, 0.15) is 19.4 Å². The maximum absolute atomic E-state index is 4.39. The van der Waals surface area contributed by atoms with Crippen LogP contribution in [-0.4, -0.2) is 18.9 Å². The van der Waals surface area contributed by atoms with E-state index >= 15 is 0 Å². The third-order valence-electron chi connectivity index (χ3n) is 1.71. The van der Waals surface area contributed by atoms with Crippen LogP contribution in [0.4, 0.5) is 0 Å². The average molecular weight is 213 g/mol. The molecule has 2 nitrogen and oxygen atoms in total. The van der Waals surface area contributed by atoms with E-state index < -0.39 is 0 Å². The first-order chi connectivity index (χ1) is 6.38. The third kappa shape index (κ3) is 3.79. The van der Waals surface area contributed by atoms with E-state index in [1.165, 1.54) is 0 Å². The molecule has 0 radical (unpaired) electrons. The molecule has 0 saturated heterocycles. The fraction of sp³-hybridized carbons (Fsp3) is 0.364. The van der Waals surface area contributed by atoms with Crippen LogP contribution in [0.25, 0.3) is 0 Å². The van der Waals surface area contributed by atoms with Gasteiger partial charge in [0.1, 0.15) is 5.84 Å². The summed E-state index contributed by atoms with van der Waals surface area (Å²) in [6.07, 6.45) is 0. The van der Waals surface area contributed by atoms with Gasteiger partial charge in [-0.05, 0) is 13.8 Å². The number of rotatable bonds is 3. The molecular formula is C11H17ClN2. The van der Waals surface area contributed by atoms with Crippen molar-refractivity contribution in [3.63, 3.8) is 0 Å². The van der Waals surface area contributed by atoms with Gasteiger partial charge in [0.25, 0.3) is 0 Å². The lowest BCUT2D eigenvalue weighted by Crippen LogP contribution is -2.24. The lowest BCUT2D eigenvalue weighted by Gasteiger charge is -2.07. The van der Waals surface area contributed by atoms with E-state index in [2.05, 4.69) is 29.4 Å². The number of hydrogen-bond acceptors (Lipinski definition) is 1. The smallest absolute Gasteiger partial charge is 0.128 e. The molecule has 1 N–H and O–H groups in total. The van der Waals surface area contributed by atoms with E-state index in [9.17, 15) is 0 Å². The SMILES string of the molecule is CCN=C(NCC)c1ccccc1.Cl. The Morgan fingerprint density at radius 3 is 2.36 bits per heavy atom. The van der Waals surface area contributed by atoms with Gasteiger partial charge in [0.05, 0.1) is 0 Å². The minimum atomic E-state index is 0. The van der Waals surface area contributed by atoms with Crippen molar-refractivity contribution in [1.29, 1.82) is 0 Å². The standard InChI is InChI=1S/C11H16N2.ClH/c1-3-12-11(13-4-2)10-8-6-5-7-9-10;/h5-9H,3-4H2,1-2H3,(H,12,13);1H.